The number of para-hydroxylation sites is 1. The van der Waals surface area contributed by atoms with Crippen LogP contribution < -0.4 is 0 Å². The summed E-state index contributed by atoms with van der Waals surface area (Å²) in [6, 6.07) is 6.23. The summed E-state index contributed by atoms with van der Waals surface area (Å²) in [6.45, 7) is 4.32. The summed E-state index contributed by atoms with van der Waals surface area (Å²) in [7, 11) is 0. The third kappa shape index (κ3) is 4.58. The molecule has 0 heterocycles. The first-order valence-electron chi connectivity index (χ1n) is 10.6. The number of aryl methyl sites for hydroxylation is 1. The number of aromatic hydroxyl groups is 1. The van der Waals surface area contributed by atoms with Gasteiger partial charge in [0.2, 0.25) is 0 Å². The first kappa shape index (κ1) is 18.8. The van der Waals surface area contributed by atoms with Crippen LogP contribution in [0.4, 0.5) is 0 Å². The largest absolute Gasteiger partial charge is 0.507 e. The summed E-state index contributed by atoms with van der Waals surface area (Å²) < 4.78 is 0. The highest BCUT2D eigenvalue weighted by atomic mass is 16.3. The molecule has 3 rings (SSSR count). The van der Waals surface area contributed by atoms with Crippen molar-refractivity contribution in [2.75, 3.05) is 0 Å². The highest BCUT2D eigenvalue weighted by Gasteiger charge is 2.32. The van der Waals surface area contributed by atoms with Gasteiger partial charge in [0, 0.05) is 0 Å². The first-order valence-corrected chi connectivity index (χ1v) is 10.6. The number of aliphatic hydroxyl groups excluding tert-OH is 1. The van der Waals surface area contributed by atoms with E-state index in [1.54, 1.807) is 0 Å². The fourth-order valence-corrected chi connectivity index (χ4v) is 5.40. The quantitative estimate of drug-likeness (QED) is 0.741. The van der Waals surface area contributed by atoms with Crippen LogP contribution in [0.25, 0.3) is 0 Å². The van der Waals surface area contributed by atoms with Gasteiger partial charge in [0.15, 0.2) is 0 Å². The Kier molecular flexibility index (Phi) is 6.44. The Balaban J connectivity index is 1.58. The number of phenolic OH excluding ortho intramolecular Hbond substituents is 1. The Morgan fingerprint density at radius 3 is 2.52 bits per heavy atom. The van der Waals surface area contributed by atoms with Crippen LogP contribution in [0.1, 0.15) is 76.3 Å². The molecule has 25 heavy (non-hydrogen) atoms. The van der Waals surface area contributed by atoms with Gasteiger partial charge in [-0.25, -0.2) is 0 Å². The maximum Gasteiger partial charge on any atom is 0.121 e. The van der Waals surface area contributed by atoms with Gasteiger partial charge in [-0.3, -0.25) is 0 Å². The van der Waals surface area contributed by atoms with Gasteiger partial charge in [-0.15, -0.1) is 0 Å². The van der Waals surface area contributed by atoms with Crippen molar-refractivity contribution in [1.29, 1.82) is 0 Å². The van der Waals surface area contributed by atoms with E-state index >= 15 is 0 Å². The van der Waals surface area contributed by atoms with E-state index < -0.39 is 0 Å². The fraction of sp³-hybridized carbons (Fsp3) is 0.739. The SMILES string of the molecule is CCc1cccc(CC2CCCC(CC3CCCC(C)C3O)C2)c1O. The van der Waals surface area contributed by atoms with E-state index in [0.29, 0.717) is 23.5 Å². The molecule has 140 valence electrons. The number of aliphatic hydroxyl groups is 1. The predicted molar refractivity (Wildman–Crippen MR) is 104 cm³/mol. The van der Waals surface area contributed by atoms with Crippen LogP contribution in [0, 0.1) is 23.7 Å². The van der Waals surface area contributed by atoms with Crippen molar-refractivity contribution in [3.63, 3.8) is 0 Å². The number of hydrogen-bond acceptors (Lipinski definition) is 2. The summed E-state index contributed by atoms with van der Waals surface area (Å²) in [5, 5.41) is 21.0. The molecule has 0 spiro atoms. The molecule has 2 N–H and O–H groups in total. The van der Waals surface area contributed by atoms with E-state index in [0.717, 1.165) is 29.9 Å². The summed E-state index contributed by atoms with van der Waals surface area (Å²) in [5.41, 5.74) is 2.21. The minimum absolute atomic E-state index is 0.0839. The number of hydrogen-bond donors (Lipinski definition) is 2. The summed E-state index contributed by atoms with van der Waals surface area (Å²) in [5.74, 6) is 2.98. The average Bonchev–Trinajstić information content (AvgIpc) is 2.61. The van der Waals surface area contributed by atoms with Crippen LogP contribution >= 0.6 is 0 Å². The highest BCUT2D eigenvalue weighted by Crippen LogP contribution is 2.40. The van der Waals surface area contributed by atoms with Crippen molar-refractivity contribution in [3.05, 3.63) is 29.3 Å². The van der Waals surface area contributed by atoms with Gasteiger partial charge in [0.1, 0.15) is 5.75 Å². The minimum atomic E-state index is -0.0839. The van der Waals surface area contributed by atoms with E-state index in [1.807, 2.05) is 6.07 Å². The zero-order chi connectivity index (χ0) is 17.8. The Bertz CT molecular complexity index is 553. The lowest BCUT2D eigenvalue weighted by atomic mass is 9.70. The van der Waals surface area contributed by atoms with Gasteiger partial charge in [0.25, 0.3) is 0 Å². The number of phenols is 1. The van der Waals surface area contributed by atoms with E-state index in [1.165, 1.54) is 51.4 Å². The van der Waals surface area contributed by atoms with Crippen LogP contribution in [0.15, 0.2) is 18.2 Å². The number of rotatable bonds is 5. The van der Waals surface area contributed by atoms with Crippen LogP contribution in [0.5, 0.6) is 5.75 Å². The normalized spacial score (nSPS) is 33.3. The molecule has 2 nitrogen and oxygen atoms in total. The maximum atomic E-state index is 10.5. The zero-order valence-electron chi connectivity index (χ0n) is 16.1. The topological polar surface area (TPSA) is 40.5 Å². The van der Waals surface area contributed by atoms with E-state index in [-0.39, 0.29) is 6.10 Å². The van der Waals surface area contributed by atoms with Gasteiger partial charge in [0.05, 0.1) is 6.10 Å². The molecule has 0 aromatic heterocycles. The molecule has 2 aliphatic rings. The molecule has 5 unspecified atom stereocenters. The summed E-state index contributed by atoms with van der Waals surface area (Å²) in [6.07, 6.45) is 11.9. The standard InChI is InChI=1S/C23H36O2/c1-3-19-10-6-12-21(23(19)25)15-18-9-5-8-17(13-18)14-20-11-4-7-16(2)22(20)24/h6,10,12,16-18,20,22,24-25H,3-5,7-9,11,13-15H2,1-2H3. The monoisotopic (exact) mass is 344 g/mol. The average molecular weight is 345 g/mol. The third-order valence-electron chi connectivity index (χ3n) is 6.92. The number of benzene rings is 1. The van der Waals surface area contributed by atoms with Crippen LogP contribution in [-0.2, 0) is 12.8 Å². The summed E-state index contributed by atoms with van der Waals surface area (Å²) >= 11 is 0. The van der Waals surface area contributed by atoms with Gasteiger partial charge >= 0.3 is 0 Å². The molecule has 0 saturated heterocycles. The lowest BCUT2D eigenvalue weighted by molar-refractivity contribution is 0.00977. The Labute approximate surface area is 153 Å². The molecule has 2 saturated carbocycles. The van der Waals surface area contributed by atoms with E-state index in [2.05, 4.69) is 26.0 Å². The second-order valence-electron chi connectivity index (χ2n) is 8.78. The molecule has 0 aliphatic heterocycles. The molecule has 0 amide bonds. The minimum Gasteiger partial charge on any atom is -0.507 e. The molecule has 1 aromatic rings. The first-order chi connectivity index (χ1) is 12.1. The summed E-state index contributed by atoms with van der Waals surface area (Å²) in [4.78, 5) is 0. The molecule has 2 aliphatic carbocycles. The van der Waals surface area contributed by atoms with Gasteiger partial charge in [-0.1, -0.05) is 57.7 Å². The van der Waals surface area contributed by atoms with Crippen LogP contribution in [-0.4, -0.2) is 16.3 Å². The molecule has 2 fully saturated rings. The molecule has 0 bridgehead atoms. The van der Waals surface area contributed by atoms with Crippen molar-refractivity contribution < 1.29 is 10.2 Å². The second kappa shape index (κ2) is 8.58. The Morgan fingerprint density at radius 1 is 1.00 bits per heavy atom. The second-order valence-corrected chi connectivity index (χ2v) is 8.78. The Hall–Kier alpha value is -1.02. The third-order valence-corrected chi connectivity index (χ3v) is 6.92. The molecule has 5 atom stereocenters. The fourth-order valence-electron chi connectivity index (χ4n) is 5.40. The van der Waals surface area contributed by atoms with Crippen molar-refractivity contribution in [3.8, 4) is 5.75 Å². The van der Waals surface area contributed by atoms with E-state index in [4.69, 9.17) is 0 Å². The van der Waals surface area contributed by atoms with Crippen LogP contribution in [0.2, 0.25) is 0 Å². The van der Waals surface area contributed by atoms with Gasteiger partial charge < -0.3 is 10.2 Å². The Morgan fingerprint density at radius 2 is 1.72 bits per heavy atom. The van der Waals surface area contributed by atoms with Crippen LogP contribution in [0.3, 0.4) is 0 Å². The predicted octanol–water partition coefficient (Wildman–Crippen LogP) is 5.49. The lowest BCUT2D eigenvalue weighted by Gasteiger charge is -2.37. The van der Waals surface area contributed by atoms with Gasteiger partial charge in [-0.05, 0) is 73.3 Å². The molecular weight excluding hydrogens is 308 g/mol. The molecule has 2 heteroatoms. The molecular formula is C23H36O2. The van der Waals surface area contributed by atoms with E-state index in [9.17, 15) is 10.2 Å². The molecule has 0 radical (unpaired) electrons. The smallest absolute Gasteiger partial charge is 0.121 e. The van der Waals surface area contributed by atoms with Crippen molar-refractivity contribution in [1.82, 2.24) is 0 Å². The lowest BCUT2D eigenvalue weighted by Crippen LogP contribution is -2.34. The maximum absolute atomic E-state index is 10.5. The van der Waals surface area contributed by atoms with Crippen molar-refractivity contribution in [2.45, 2.75) is 84.2 Å². The molecule has 1 aromatic carbocycles. The zero-order valence-corrected chi connectivity index (χ0v) is 16.1. The van der Waals surface area contributed by atoms with Crippen molar-refractivity contribution in [2.24, 2.45) is 23.7 Å². The van der Waals surface area contributed by atoms with Crippen molar-refractivity contribution >= 4 is 0 Å². The van der Waals surface area contributed by atoms with Gasteiger partial charge in [-0.2, -0.15) is 0 Å². The highest BCUT2D eigenvalue weighted by molar-refractivity contribution is 5.40.